The van der Waals surface area contributed by atoms with E-state index < -0.39 is 27.8 Å². The minimum absolute atomic E-state index is 0.0945. The highest BCUT2D eigenvalue weighted by Gasteiger charge is 2.47. The normalized spacial score (nSPS) is 18.0. The van der Waals surface area contributed by atoms with Crippen LogP contribution in [0.4, 0.5) is 5.69 Å². The molecule has 8 nitrogen and oxygen atoms in total. The van der Waals surface area contributed by atoms with Gasteiger partial charge in [0.2, 0.25) is 10.0 Å². The maximum absolute atomic E-state index is 13.2. The third kappa shape index (κ3) is 4.04. The lowest BCUT2D eigenvalue weighted by Gasteiger charge is -2.24. The predicted octanol–water partition coefficient (Wildman–Crippen LogP) is 2.97. The van der Waals surface area contributed by atoms with Gasteiger partial charge in [-0.05, 0) is 61.9 Å². The summed E-state index contributed by atoms with van der Waals surface area (Å²) in [5.41, 5.74) is 2.60. The number of sulfonamides is 1. The summed E-state index contributed by atoms with van der Waals surface area (Å²) in [6.45, 7) is 3.66. The molecule has 3 aromatic rings. The molecule has 1 amide bonds. The summed E-state index contributed by atoms with van der Waals surface area (Å²) in [4.78, 5) is 31.7. The third-order valence-corrected chi connectivity index (χ3v) is 6.43. The lowest BCUT2D eigenvalue weighted by atomic mass is 9.95. The van der Waals surface area contributed by atoms with Gasteiger partial charge in [-0.25, -0.2) is 13.6 Å². The molecule has 0 saturated carbocycles. The van der Waals surface area contributed by atoms with Crippen LogP contribution in [0.1, 0.15) is 28.4 Å². The molecule has 0 radical (unpaired) electrons. The van der Waals surface area contributed by atoms with E-state index in [4.69, 9.17) is 5.14 Å². The summed E-state index contributed by atoms with van der Waals surface area (Å²) < 4.78 is 23.2. The van der Waals surface area contributed by atoms with Gasteiger partial charge in [0.15, 0.2) is 0 Å². The number of benzene rings is 2. The predicted molar refractivity (Wildman–Crippen MR) is 123 cm³/mol. The highest BCUT2D eigenvalue weighted by atomic mass is 32.2. The fourth-order valence-corrected chi connectivity index (χ4v) is 4.36. The molecule has 2 heterocycles. The number of Topliss-reactive ketones (excluding diaryl/α,β-unsaturated/α-hetero) is 1. The van der Waals surface area contributed by atoms with Crippen molar-refractivity contribution in [2.75, 3.05) is 4.90 Å². The Morgan fingerprint density at radius 2 is 1.73 bits per heavy atom. The van der Waals surface area contributed by atoms with Gasteiger partial charge in [-0.1, -0.05) is 23.8 Å². The standard InChI is InChI=1S/C24H21N3O5S/c1-14-6-7-15(2)18(13-14)22(28)20-21(19-5-3-4-12-26-19)27(24(30)23(20)29)16-8-10-17(11-9-16)33(25,31)32/h3-13,21,28H,1-2H3,(H2,25,31,32)/b22-20+. The number of anilines is 1. The summed E-state index contributed by atoms with van der Waals surface area (Å²) >= 11 is 0. The van der Waals surface area contributed by atoms with Crippen LogP contribution >= 0.6 is 0 Å². The van der Waals surface area contributed by atoms with E-state index in [1.54, 1.807) is 31.2 Å². The van der Waals surface area contributed by atoms with E-state index >= 15 is 0 Å². The Labute approximate surface area is 191 Å². The molecule has 1 atom stereocenters. The molecule has 1 saturated heterocycles. The van der Waals surface area contributed by atoms with Crippen molar-refractivity contribution >= 4 is 33.2 Å². The first kappa shape index (κ1) is 22.4. The first-order valence-corrected chi connectivity index (χ1v) is 11.6. The number of aromatic nitrogens is 1. The monoisotopic (exact) mass is 463 g/mol. The Balaban J connectivity index is 1.94. The maximum Gasteiger partial charge on any atom is 0.300 e. The molecule has 1 aliphatic heterocycles. The molecule has 1 fully saturated rings. The van der Waals surface area contributed by atoms with Gasteiger partial charge in [0.05, 0.1) is 16.2 Å². The smallest absolute Gasteiger partial charge is 0.300 e. The van der Waals surface area contributed by atoms with Crippen LogP contribution in [-0.2, 0) is 19.6 Å². The Morgan fingerprint density at radius 1 is 1.03 bits per heavy atom. The number of carbonyl (C=O) groups is 2. The quantitative estimate of drug-likeness (QED) is 0.347. The number of ketones is 1. The molecule has 168 valence electrons. The average Bonchev–Trinajstić information content (AvgIpc) is 3.05. The zero-order chi connectivity index (χ0) is 23.9. The van der Waals surface area contributed by atoms with Crippen molar-refractivity contribution in [1.29, 1.82) is 0 Å². The lowest BCUT2D eigenvalue weighted by Crippen LogP contribution is -2.29. The highest BCUT2D eigenvalue weighted by molar-refractivity contribution is 7.89. The van der Waals surface area contributed by atoms with E-state index in [0.717, 1.165) is 11.1 Å². The molecule has 2 aromatic carbocycles. The van der Waals surface area contributed by atoms with Gasteiger partial charge in [0, 0.05) is 17.4 Å². The van der Waals surface area contributed by atoms with Crippen LogP contribution in [0, 0.1) is 13.8 Å². The number of pyridine rings is 1. The first-order valence-electron chi connectivity index (χ1n) is 10.0. The third-order valence-electron chi connectivity index (χ3n) is 5.50. The number of aliphatic hydroxyl groups is 1. The lowest BCUT2D eigenvalue weighted by molar-refractivity contribution is -0.132. The minimum Gasteiger partial charge on any atom is -0.507 e. The van der Waals surface area contributed by atoms with Gasteiger partial charge in [-0.3, -0.25) is 19.5 Å². The van der Waals surface area contributed by atoms with Gasteiger partial charge < -0.3 is 5.11 Å². The Kier molecular flexibility index (Phi) is 5.61. The number of nitrogens with two attached hydrogens (primary N) is 1. The molecule has 9 heteroatoms. The molecule has 0 spiro atoms. The van der Waals surface area contributed by atoms with Crippen LogP contribution < -0.4 is 10.0 Å². The highest BCUT2D eigenvalue weighted by Crippen LogP contribution is 2.42. The van der Waals surface area contributed by atoms with E-state index in [-0.39, 0.29) is 21.9 Å². The topological polar surface area (TPSA) is 131 Å². The molecular weight excluding hydrogens is 442 g/mol. The Morgan fingerprint density at radius 3 is 2.33 bits per heavy atom. The minimum atomic E-state index is -3.93. The van der Waals surface area contributed by atoms with Gasteiger partial charge in [-0.2, -0.15) is 0 Å². The summed E-state index contributed by atoms with van der Waals surface area (Å²) in [6, 6.07) is 14.8. The van der Waals surface area contributed by atoms with Crippen LogP contribution in [0.3, 0.4) is 0 Å². The second-order valence-corrected chi connectivity index (χ2v) is 9.34. The average molecular weight is 464 g/mol. The first-order chi connectivity index (χ1) is 15.6. The molecule has 3 N–H and O–H groups in total. The molecule has 1 unspecified atom stereocenters. The zero-order valence-corrected chi connectivity index (χ0v) is 18.7. The number of hydrogen-bond acceptors (Lipinski definition) is 6. The number of carbonyl (C=O) groups excluding carboxylic acids is 2. The second kappa shape index (κ2) is 8.27. The van der Waals surface area contributed by atoms with E-state index in [1.165, 1.54) is 35.4 Å². The van der Waals surface area contributed by atoms with Crippen molar-refractivity contribution < 1.29 is 23.1 Å². The maximum atomic E-state index is 13.2. The second-order valence-electron chi connectivity index (χ2n) is 7.78. The summed E-state index contributed by atoms with van der Waals surface area (Å²) in [6.07, 6.45) is 1.53. The van der Waals surface area contributed by atoms with Crippen LogP contribution in [0.15, 0.2) is 77.3 Å². The van der Waals surface area contributed by atoms with Crippen molar-refractivity contribution in [2.24, 2.45) is 5.14 Å². The molecule has 0 bridgehead atoms. The van der Waals surface area contributed by atoms with Crippen molar-refractivity contribution in [2.45, 2.75) is 24.8 Å². The van der Waals surface area contributed by atoms with Crippen molar-refractivity contribution in [3.63, 3.8) is 0 Å². The number of primary sulfonamides is 1. The van der Waals surface area contributed by atoms with E-state index in [2.05, 4.69) is 4.98 Å². The number of nitrogens with zero attached hydrogens (tertiary/aromatic N) is 2. The SMILES string of the molecule is Cc1ccc(C)c(/C(O)=C2\C(=O)C(=O)N(c3ccc(S(N)(=O)=O)cc3)C2c2ccccn2)c1. The summed E-state index contributed by atoms with van der Waals surface area (Å²) in [5, 5.41) is 16.4. The van der Waals surface area contributed by atoms with E-state index in [1.807, 2.05) is 19.1 Å². The number of aryl methyl sites for hydroxylation is 2. The van der Waals surface area contributed by atoms with Gasteiger partial charge >= 0.3 is 0 Å². The molecule has 1 aliphatic rings. The number of rotatable bonds is 4. The summed E-state index contributed by atoms with van der Waals surface area (Å²) in [7, 11) is -3.93. The Hall–Kier alpha value is -3.82. The van der Waals surface area contributed by atoms with Crippen molar-refractivity contribution in [3.05, 3.63) is 94.8 Å². The van der Waals surface area contributed by atoms with Gasteiger partial charge in [0.1, 0.15) is 11.8 Å². The molecule has 0 aliphatic carbocycles. The van der Waals surface area contributed by atoms with Gasteiger partial charge in [0.25, 0.3) is 11.7 Å². The Bertz CT molecular complexity index is 1400. The zero-order valence-electron chi connectivity index (χ0n) is 17.9. The van der Waals surface area contributed by atoms with Gasteiger partial charge in [-0.15, -0.1) is 0 Å². The van der Waals surface area contributed by atoms with Crippen molar-refractivity contribution in [1.82, 2.24) is 4.98 Å². The van der Waals surface area contributed by atoms with Crippen LogP contribution in [0.5, 0.6) is 0 Å². The molecular formula is C24H21N3O5S. The molecule has 33 heavy (non-hydrogen) atoms. The van der Waals surface area contributed by atoms with E-state index in [0.29, 0.717) is 11.3 Å². The fraction of sp³-hybridized carbons (Fsp3) is 0.125. The van der Waals surface area contributed by atoms with Crippen LogP contribution in [-0.4, -0.2) is 30.2 Å². The fourth-order valence-electron chi connectivity index (χ4n) is 3.85. The van der Waals surface area contributed by atoms with Crippen molar-refractivity contribution in [3.8, 4) is 0 Å². The molecule has 4 rings (SSSR count). The van der Waals surface area contributed by atoms with Crippen LogP contribution in [0.2, 0.25) is 0 Å². The number of hydrogen-bond donors (Lipinski definition) is 2. The van der Waals surface area contributed by atoms with Crippen LogP contribution in [0.25, 0.3) is 5.76 Å². The number of aliphatic hydroxyl groups excluding tert-OH is 1. The molecule has 1 aromatic heterocycles. The summed E-state index contributed by atoms with van der Waals surface area (Å²) in [5.74, 6) is -2.02. The number of amides is 1. The van der Waals surface area contributed by atoms with E-state index in [9.17, 15) is 23.1 Å². The largest absolute Gasteiger partial charge is 0.507 e.